The van der Waals surface area contributed by atoms with Crippen molar-refractivity contribution in [3.63, 3.8) is 0 Å². The van der Waals surface area contributed by atoms with E-state index in [1.54, 1.807) is 7.11 Å². The summed E-state index contributed by atoms with van der Waals surface area (Å²) >= 11 is 0. The van der Waals surface area contributed by atoms with Crippen LogP contribution in [0.3, 0.4) is 0 Å². The Labute approximate surface area is 115 Å². The molecule has 0 radical (unpaired) electrons. The van der Waals surface area contributed by atoms with E-state index < -0.39 is 0 Å². The van der Waals surface area contributed by atoms with E-state index in [-0.39, 0.29) is 5.41 Å². The minimum atomic E-state index is 0.168. The van der Waals surface area contributed by atoms with Crippen molar-refractivity contribution in [2.24, 2.45) is 5.73 Å². The summed E-state index contributed by atoms with van der Waals surface area (Å²) in [5.41, 5.74) is 8.89. The number of hydrogen-bond donors (Lipinski definition) is 1. The second-order valence-electron chi connectivity index (χ2n) is 5.92. The molecule has 2 N–H and O–H groups in total. The van der Waals surface area contributed by atoms with Crippen LogP contribution in [0.4, 0.5) is 5.69 Å². The molecule has 0 aromatic heterocycles. The first-order valence-corrected chi connectivity index (χ1v) is 7.43. The highest BCUT2D eigenvalue weighted by molar-refractivity contribution is 5.56. The van der Waals surface area contributed by atoms with Gasteiger partial charge in [0.15, 0.2) is 0 Å². The maximum atomic E-state index is 6.06. The van der Waals surface area contributed by atoms with Gasteiger partial charge in [-0.3, -0.25) is 0 Å². The summed E-state index contributed by atoms with van der Waals surface area (Å²) in [5, 5.41) is 0. The molecule has 0 atom stereocenters. The zero-order chi connectivity index (χ0) is 13.3. The highest BCUT2D eigenvalue weighted by Crippen LogP contribution is 2.47. The molecule has 19 heavy (non-hydrogen) atoms. The third kappa shape index (κ3) is 2.10. The van der Waals surface area contributed by atoms with Crippen molar-refractivity contribution in [1.29, 1.82) is 0 Å². The Morgan fingerprint density at radius 3 is 2.47 bits per heavy atom. The summed E-state index contributed by atoms with van der Waals surface area (Å²) in [6, 6.07) is 6.64. The van der Waals surface area contributed by atoms with Gasteiger partial charge < -0.3 is 15.4 Å². The molecule has 1 saturated heterocycles. The fraction of sp³-hybridized carbons (Fsp3) is 0.625. The van der Waals surface area contributed by atoms with Crippen LogP contribution in [0.1, 0.15) is 37.7 Å². The van der Waals surface area contributed by atoms with E-state index in [1.165, 1.54) is 56.4 Å². The van der Waals surface area contributed by atoms with E-state index in [1.807, 2.05) is 0 Å². The first-order valence-electron chi connectivity index (χ1n) is 7.43. The van der Waals surface area contributed by atoms with E-state index in [9.17, 15) is 0 Å². The summed E-state index contributed by atoms with van der Waals surface area (Å²) in [6.07, 6.45) is 6.30. The van der Waals surface area contributed by atoms with Gasteiger partial charge in [-0.15, -0.1) is 0 Å². The van der Waals surface area contributed by atoms with Crippen LogP contribution in [0, 0.1) is 0 Å². The van der Waals surface area contributed by atoms with Crippen LogP contribution in [0.2, 0.25) is 0 Å². The van der Waals surface area contributed by atoms with Crippen molar-refractivity contribution >= 4 is 5.69 Å². The number of methoxy groups -OCH3 is 1. The average Bonchev–Trinajstić information content (AvgIpc) is 2.92. The van der Waals surface area contributed by atoms with E-state index in [2.05, 4.69) is 23.1 Å². The molecule has 1 aromatic carbocycles. The monoisotopic (exact) mass is 260 g/mol. The number of anilines is 1. The third-order valence-electron chi connectivity index (χ3n) is 4.93. The van der Waals surface area contributed by atoms with Gasteiger partial charge in [0.05, 0.1) is 7.11 Å². The number of nitrogens with two attached hydrogens (primary N) is 1. The number of benzene rings is 1. The molecule has 3 nitrogen and oxygen atoms in total. The molecule has 1 heterocycles. The van der Waals surface area contributed by atoms with Crippen molar-refractivity contribution in [3.05, 3.63) is 23.8 Å². The lowest BCUT2D eigenvalue weighted by Crippen LogP contribution is -2.41. The highest BCUT2D eigenvalue weighted by Gasteiger charge is 2.39. The quantitative estimate of drug-likeness (QED) is 0.904. The van der Waals surface area contributed by atoms with Crippen molar-refractivity contribution in [2.75, 3.05) is 31.6 Å². The van der Waals surface area contributed by atoms with Gasteiger partial charge in [-0.25, -0.2) is 0 Å². The van der Waals surface area contributed by atoms with Crippen molar-refractivity contribution in [3.8, 4) is 5.75 Å². The van der Waals surface area contributed by atoms with E-state index in [0.717, 1.165) is 12.3 Å². The molecular formula is C16H24N2O. The van der Waals surface area contributed by atoms with E-state index >= 15 is 0 Å². The largest absolute Gasteiger partial charge is 0.496 e. The van der Waals surface area contributed by atoms with Crippen LogP contribution in [-0.2, 0) is 5.41 Å². The molecule has 0 amide bonds. The summed E-state index contributed by atoms with van der Waals surface area (Å²) in [6.45, 7) is 3.09. The number of hydrogen-bond acceptors (Lipinski definition) is 3. The molecular weight excluding hydrogens is 236 g/mol. The number of ether oxygens (including phenoxy) is 1. The highest BCUT2D eigenvalue weighted by atomic mass is 16.5. The van der Waals surface area contributed by atoms with Gasteiger partial charge in [0.25, 0.3) is 0 Å². The van der Waals surface area contributed by atoms with Gasteiger partial charge in [-0.1, -0.05) is 6.42 Å². The second-order valence-corrected chi connectivity index (χ2v) is 5.92. The van der Waals surface area contributed by atoms with Crippen molar-refractivity contribution < 1.29 is 4.74 Å². The maximum Gasteiger partial charge on any atom is 0.122 e. The standard InChI is InChI=1S/C16H24N2O/c1-19-15-6-5-13(18-9-2-3-10-18)11-14(15)16(12-17)7-4-8-16/h5-6,11H,2-4,7-10,12,17H2,1H3. The Morgan fingerprint density at radius 2 is 1.95 bits per heavy atom. The maximum absolute atomic E-state index is 6.06. The molecule has 0 unspecified atom stereocenters. The smallest absolute Gasteiger partial charge is 0.122 e. The fourth-order valence-electron chi connectivity index (χ4n) is 3.47. The van der Waals surface area contributed by atoms with Crippen LogP contribution in [0.25, 0.3) is 0 Å². The Hall–Kier alpha value is -1.22. The van der Waals surface area contributed by atoms with Crippen LogP contribution < -0.4 is 15.4 Å². The topological polar surface area (TPSA) is 38.5 Å². The molecule has 0 spiro atoms. The molecule has 1 saturated carbocycles. The number of rotatable bonds is 4. The predicted molar refractivity (Wildman–Crippen MR) is 79.0 cm³/mol. The summed E-state index contributed by atoms with van der Waals surface area (Å²) in [7, 11) is 1.76. The van der Waals surface area contributed by atoms with Crippen LogP contribution >= 0.6 is 0 Å². The molecule has 1 aliphatic carbocycles. The SMILES string of the molecule is COc1ccc(N2CCCC2)cc1C1(CN)CCC1. The van der Waals surface area contributed by atoms with E-state index in [4.69, 9.17) is 10.5 Å². The third-order valence-corrected chi connectivity index (χ3v) is 4.93. The minimum Gasteiger partial charge on any atom is -0.496 e. The lowest BCUT2D eigenvalue weighted by atomic mass is 9.64. The Morgan fingerprint density at radius 1 is 1.21 bits per heavy atom. The summed E-state index contributed by atoms with van der Waals surface area (Å²) < 4.78 is 5.57. The van der Waals surface area contributed by atoms with Gasteiger partial charge in [0.2, 0.25) is 0 Å². The normalized spacial score (nSPS) is 21.3. The molecule has 0 bridgehead atoms. The van der Waals surface area contributed by atoms with Gasteiger partial charge in [0, 0.05) is 36.3 Å². The Bertz CT molecular complexity index is 443. The first kappa shape index (κ1) is 12.8. The van der Waals surface area contributed by atoms with Crippen LogP contribution in [0.15, 0.2) is 18.2 Å². The van der Waals surface area contributed by atoms with Gasteiger partial charge in [-0.2, -0.15) is 0 Å². The van der Waals surface area contributed by atoms with Gasteiger partial charge in [0.1, 0.15) is 5.75 Å². The van der Waals surface area contributed by atoms with Crippen molar-refractivity contribution in [2.45, 2.75) is 37.5 Å². The fourth-order valence-corrected chi connectivity index (χ4v) is 3.47. The van der Waals surface area contributed by atoms with Crippen molar-refractivity contribution in [1.82, 2.24) is 0 Å². The molecule has 2 fully saturated rings. The molecule has 3 rings (SSSR count). The average molecular weight is 260 g/mol. The zero-order valence-corrected chi connectivity index (χ0v) is 11.8. The minimum absolute atomic E-state index is 0.168. The first-order chi connectivity index (χ1) is 9.29. The molecule has 1 aliphatic heterocycles. The lowest BCUT2D eigenvalue weighted by Gasteiger charge is -2.42. The molecule has 1 aromatic rings. The van der Waals surface area contributed by atoms with Crippen LogP contribution in [-0.4, -0.2) is 26.7 Å². The summed E-state index contributed by atoms with van der Waals surface area (Å²) in [5.74, 6) is 1.01. The number of nitrogens with zero attached hydrogens (tertiary/aromatic N) is 1. The molecule has 104 valence electrons. The molecule has 2 aliphatic rings. The second kappa shape index (κ2) is 5.04. The summed E-state index contributed by atoms with van der Waals surface area (Å²) in [4.78, 5) is 2.48. The van der Waals surface area contributed by atoms with Crippen LogP contribution in [0.5, 0.6) is 5.75 Å². The Kier molecular flexibility index (Phi) is 3.40. The molecule has 3 heteroatoms. The Balaban J connectivity index is 1.97. The zero-order valence-electron chi connectivity index (χ0n) is 11.8. The van der Waals surface area contributed by atoms with Gasteiger partial charge in [-0.05, 0) is 43.9 Å². The van der Waals surface area contributed by atoms with E-state index in [0.29, 0.717) is 0 Å². The lowest BCUT2D eigenvalue weighted by molar-refractivity contribution is 0.243. The van der Waals surface area contributed by atoms with Gasteiger partial charge >= 0.3 is 0 Å². The predicted octanol–water partition coefficient (Wildman–Crippen LogP) is 2.68.